The molecule has 0 aromatic carbocycles. The second-order valence-electron chi connectivity index (χ2n) is 6.41. The second-order valence-corrected chi connectivity index (χ2v) is 6.41. The second kappa shape index (κ2) is 8.90. The molecule has 0 radical (unpaired) electrons. The van der Waals surface area contributed by atoms with Gasteiger partial charge in [-0.2, -0.15) is 0 Å². The van der Waals surface area contributed by atoms with E-state index in [-0.39, 0.29) is 18.0 Å². The van der Waals surface area contributed by atoms with Crippen LogP contribution < -0.4 is 5.32 Å². The predicted octanol–water partition coefficient (Wildman–Crippen LogP) is 3.10. The summed E-state index contributed by atoms with van der Waals surface area (Å²) in [6.45, 7) is 7.49. The summed E-state index contributed by atoms with van der Waals surface area (Å²) in [5, 5.41) is 11.9. The van der Waals surface area contributed by atoms with Crippen LogP contribution in [0.3, 0.4) is 0 Å². The van der Waals surface area contributed by atoms with E-state index in [1.165, 1.54) is 12.8 Å². The number of hydrogen-bond donors (Lipinski definition) is 2. The minimum absolute atomic E-state index is 0.0301. The van der Waals surface area contributed by atoms with E-state index in [1.807, 2.05) is 11.8 Å². The highest BCUT2D eigenvalue weighted by Gasteiger charge is 2.26. The number of nitrogens with zero attached hydrogens (tertiary/aromatic N) is 1. The average Bonchev–Trinajstić information content (AvgIpc) is 3.21. The predicted molar refractivity (Wildman–Crippen MR) is 83.2 cm³/mol. The Balaban J connectivity index is 2.25. The van der Waals surface area contributed by atoms with Gasteiger partial charge in [-0.1, -0.05) is 20.3 Å². The fourth-order valence-corrected chi connectivity index (χ4v) is 2.39. The van der Waals surface area contributed by atoms with Crippen LogP contribution in [-0.4, -0.2) is 41.1 Å². The van der Waals surface area contributed by atoms with Gasteiger partial charge < -0.3 is 15.3 Å². The molecule has 1 saturated carbocycles. The molecule has 2 amide bonds. The lowest BCUT2D eigenvalue weighted by Gasteiger charge is -2.25. The van der Waals surface area contributed by atoms with Gasteiger partial charge in [0, 0.05) is 19.1 Å². The monoisotopic (exact) mass is 298 g/mol. The van der Waals surface area contributed by atoms with E-state index in [0.717, 1.165) is 32.4 Å². The third kappa shape index (κ3) is 7.34. The third-order valence-corrected chi connectivity index (χ3v) is 4.02. The molecule has 2 atom stereocenters. The van der Waals surface area contributed by atoms with Crippen LogP contribution in [0.5, 0.6) is 0 Å². The molecule has 2 N–H and O–H groups in total. The summed E-state index contributed by atoms with van der Waals surface area (Å²) >= 11 is 0. The lowest BCUT2D eigenvalue weighted by atomic mass is 10.0. The molecule has 2 unspecified atom stereocenters. The largest absolute Gasteiger partial charge is 0.481 e. The molecule has 122 valence electrons. The highest BCUT2D eigenvalue weighted by atomic mass is 16.4. The Bertz CT molecular complexity index is 342. The molecule has 0 aliphatic heterocycles. The number of carboxylic acid groups (broad SMARTS) is 1. The maximum atomic E-state index is 12.2. The summed E-state index contributed by atoms with van der Waals surface area (Å²) in [6, 6.07) is 0.125. The van der Waals surface area contributed by atoms with E-state index in [2.05, 4.69) is 12.2 Å². The van der Waals surface area contributed by atoms with Crippen LogP contribution in [0.1, 0.15) is 59.3 Å². The summed E-state index contributed by atoms with van der Waals surface area (Å²) in [7, 11) is 0. The number of carbonyl (C=O) groups excluding carboxylic acids is 1. The summed E-state index contributed by atoms with van der Waals surface area (Å²) in [5.41, 5.74) is 0. The molecule has 0 heterocycles. The first-order valence-electron chi connectivity index (χ1n) is 8.22. The smallest absolute Gasteiger partial charge is 0.317 e. The van der Waals surface area contributed by atoms with Crippen LogP contribution >= 0.6 is 0 Å². The lowest BCUT2D eigenvalue weighted by Crippen LogP contribution is -2.45. The van der Waals surface area contributed by atoms with E-state index >= 15 is 0 Å². The Labute approximate surface area is 128 Å². The Hall–Kier alpha value is -1.26. The highest BCUT2D eigenvalue weighted by molar-refractivity contribution is 5.74. The quantitative estimate of drug-likeness (QED) is 0.651. The van der Waals surface area contributed by atoms with Crippen LogP contribution in [0.2, 0.25) is 0 Å². The first-order valence-corrected chi connectivity index (χ1v) is 8.22. The first-order chi connectivity index (χ1) is 9.93. The SMILES string of the molecule is CCCN(CC1CC1)C(=O)NC(C)CCCC(C)C(=O)O. The van der Waals surface area contributed by atoms with E-state index in [0.29, 0.717) is 12.3 Å². The number of nitrogens with one attached hydrogen (secondary N) is 1. The minimum Gasteiger partial charge on any atom is -0.481 e. The van der Waals surface area contributed by atoms with Gasteiger partial charge in [0.1, 0.15) is 0 Å². The van der Waals surface area contributed by atoms with Gasteiger partial charge in [0.25, 0.3) is 0 Å². The van der Waals surface area contributed by atoms with Crippen LogP contribution in [-0.2, 0) is 4.79 Å². The molecule has 1 aliphatic rings. The van der Waals surface area contributed by atoms with Crippen molar-refractivity contribution in [3.63, 3.8) is 0 Å². The zero-order valence-corrected chi connectivity index (χ0v) is 13.6. The maximum Gasteiger partial charge on any atom is 0.317 e. The van der Waals surface area contributed by atoms with Gasteiger partial charge in [-0.15, -0.1) is 0 Å². The van der Waals surface area contributed by atoms with Gasteiger partial charge in [-0.25, -0.2) is 4.79 Å². The van der Waals surface area contributed by atoms with Crippen molar-refractivity contribution in [1.82, 2.24) is 10.2 Å². The number of aliphatic carboxylic acids is 1. The highest BCUT2D eigenvalue weighted by Crippen LogP contribution is 2.29. The van der Waals surface area contributed by atoms with E-state index in [1.54, 1.807) is 6.92 Å². The molecule has 5 heteroatoms. The fraction of sp³-hybridized carbons (Fsp3) is 0.875. The summed E-state index contributed by atoms with van der Waals surface area (Å²) in [4.78, 5) is 24.9. The third-order valence-electron chi connectivity index (χ3n) is 4.02. The summed E-state index contributed by atoms with van der Waals surface area (Å²) < 4.78 is 0. The van der Waals surface area contributed by atoms with Crippen molar-refractivity contribution in [3.05, 3.63) is 0 Å². The van der Waals surface area contributed by atoms with Crippen molar-refractivity contribution in [1.29, 1.82) is 0 Å². The zero-order valence-electron chi connectivity index (χ0n) is 13.6. The van der Waals surface area contributed by atoms with Crippen molar-refractivity contribution < 1.29 is 14.7 Å². The molecule has 0 aromatic rings. The molecule has 0 aromatic heterocycles. The fourth-order valence-electron chi connectivity index (χ4n) is 2.39. The van der Waals surface area contributed by atoms with Gasteiger partial charge >= 0.3 is 12.0 Å². The molecule has 21 heavy (non-hydrogen) atoms. The van der Waals surface area contributed by atoms with E-state index in [9.17, 15) is 9.59 Å². The van der Waals surface area contributed by atoms with Crippen molar-refractivity contribution in [2.75, 3.05) is 13.1 Å². The number of rotatable bonds is 10. The lowest BCUT2D eigenvalue weighted by molar-refractivity contribution is -0.141. The molecule has 1 aliphatic carbocycles. The normalized spacial score (nSPS) is 17.1. The summed E-state index contributed by atoms with van der Waals surface area (Å²) in [6.07, 6.45) is 5.78. The topological polar surface area (TPSA) is 69.6 Å². The molecule has 0 saturated heterocycles. The Kier molecular flexibility index (Phi) is 7.54. The molecule has 1 fully saturated rings. The number of urea groups is 1. The Morgan fingerprint density at radius 2 is 1.95 bits per heavy atom. The van der Waals surface area contributed by atoms with Crippen LogP contribution in [0, 0.1) is 11.8 Å². The number of carboxylic acids is 1. The molecular weight excluding hydrogens is 268 g/mol. The van der Waals surface area contributed by atoms with Gasteiger partial charge in [-0.05, 0) is 44.9 Å². The Morgan fingerprint density at radius 3 is 2.48 bits per heavy atom. The van der Waals surface area contributed by atoms with E-state index < -0.39 is 5.97 Å². The van der Waals surface area contributed by atoms with Gasteiger partial charge in [0.05, 0.1) is 5.92 Å². The van der Waals surface area contributed by atoms with Crippen molar-refractivity contribution in [2.45, 2.75) is 65.3 Å². The molecule has 0 bridgehead atoms. The standard InChI is InChI=1S/C16H30N2O3/c1-4-10-18(11-14-8-9-14)16(21)17-13(3)7-5-6-12(2)15(19)20/h12-14H,4-11H2,1-3H3,(H,17,21)(H,19,20). The number of hydrogen-bond acceptors (Lipinski definition) is 2. The first kappa shape index (κ1) is 17.8. The van der Waals surface area contributed by atoms with Crippen molar-refractivity contribution >= 4 is 12.0 Å². The number of amides is 2. The molecule has 0 spiro atoms. The number of carbonyl (C=O) groups is 2. The van der Waals surface area contributed by atoms with E-state index in [4.69, 9.17) is 5.11 Å². The Morgan fingerprint density at radius 1 is 1.29 bits per heavy atom. The zero-order chi connectivity index (χ0) is 15.8. The minimum atomic E-state index is -0.745. The van der Waals surface area contributed by atoms with Crippen molar-refractivity contribution in [3.8, 4) is 0 Å². The maximum absolute atomic E-state index is 12.2. The van der Waals surface area contributed by atoms with Crippen LogP contribution in [0.4, 0.5) is 4.79 Å². The average molecular weight is 298 g/mol. The van der Waals surface area contributed by atoms with Gasteiger partial charge in [0.2, 0.25) is 0 Å². The summed E-state index contributed by atoms with van der Waals surface area (Å²) in [5.74, 6) is -0.348. The van der Waals surface area contributed by atoms with Crippen LogP contribution in [0.15, 0.2) is 0 Å². The van der Waals surface area contributed by atoms with Crippen LogP contribution in [0.25, 0.3) is 0 Å². The molecular formula is C16H30N2O3. The molecule has 1 rings (SSSR count). The van der Waals surface area contributed by atoms with Gasteiger partial charge in [0.15, 0.2) is 0 Å². The van der Waals surface area contributed by atoms with Crippen molar-refractivity contribution in [2.24, 2.45) is 11.8 Å². The molecule has 5 nitrogen and oxygen atoms in total. The van der Waals surface area contributed by atoms with Gasteiger partial charge in [-0.3, -0.25) is 4.79 Å².